The van der Waals surface area contributed by atoms with Gasteiger partial charge in [-0.2, -0.15) is 0 Å². The highest BCUT2D eigenvalue weighted by Crippen LogP contribution is 2.21. The average Bonchev–Trinajstić information content (AvgIpc) is 2.42. The number of likely N-dealkylation sites (tertiary alicyclic amines) is 1. The third-order valence-corrected chi connectivity index (χ3v) is 4.23. The maximum Gasteiger partial charge on any atom is 0.0167 e. The Morgan fingerprint density at radius 3 is 2.53 bits per heavy atom. The molecule has 2 rings (SSSR count). The van der Waals surface area contributed by atoms with E-state index in [9.17, 15) is 0 Å². The van der Waals surface area contributed by atoms with E-state index in [4.69, 9.17) is 5.73 Å². The van der Waals surface area contributed by atoms with Gasteiger partial charge in [-0.05, 0) is 50.3 Å². The molecule has 106 valence electrons. The summed E-state index contributed by atoms with van der Waals surface area (Å²) in [5.41, 5.74) is 7.62. The predicted molar refractivity (Wildman–Crippen MR) is 82.2 cm³/mol. The van der Waals surface area contributed by atoms with E-state index in [1.807, 2.05) is 0 Å². The molecule has 1 aromatic carbocycles. The van der Waals surface area contributed by atoms with Crippen LogP contribution in [0.5, 0.6) is 0 Å². The lowest BCUT2D eigenvalue weighted by atomic mass is 9.90. The van der Waals surface area contributed by atoms with Crippen LogP contribution in [0.25, 0.3) is 0 Å². The van der Waals surface area contributed by atoms with Gasteiger partial charge >= 0.3 is 0 Å². The highest BCUT2D eigenvalue weighted by molar-refractivity contribution is 5.15. The molecule has 0 aromatic heterocycles. The number of hydrogen-bond acceptors (Lipinski definition) is 2. The summed E-state index contributed by atoms with van der Waals surface area (Å²) in [7, 11) is 0. The summed E-state index contributed by atoms with van der Waals surface area (Å²) in [4.78, 5) is 2.56. The normalized spacial score (nSPS) is 19.5. The number of rotatable bonds is 6. The summed E-state index contributed by atoms with van der Waals surface area (Å²) < 4.78 is 0. The van der Waals surface area contributed by atoms with Crippen LogP contribution in [0.3, 0.4) is 0 Å². The van der Waals surface area contributed by atoms with E-state index in [1.54, 1.807) is 0 Å². The highest BCUT2D eigenvalue weighted by atomic mass is 15.1. The lowest BCUT2D eigenvalue weighted by Gasteiger charge is -2.33. The van der Waals surface area contributed by atoms with Crippen molar-refractivity contribution in [2.45, 2.75) is 45.1 Å². The van der Waals surface area contributed by atoms with Crippen LogP contribution in [0.15, 0.2) is 30.3 Å². The summed E-state index contributed by atoms with van der Waals surface area (Å²) in [5.74, 6) is 0.862. The van der Waals surface area contributed by atoms with Crippen molar-refractivity contribution in [3.05, 3.63) is 35.9 Å². The van der Waals surface area contributed by atoms with E-state index in [-0.39, 0.29) is 0 Å². The molecule has 2 N–H and O–H groups in total. The third kappa shape index (κ3) is 4.96. The highest BCUT2D eigenvalue weighted by Gasteiger charge is 2.20. The molecule has 1 aliphatic rings. The molecule has 0 spiro atoms. The Hall–Kier alpha value is -0.860. The zero-order valence-electron chi connectivity index (χ0n) is 12.2. The first-order chi connectivity index (χ1) is 9.28. The molecule has 2 nitrogen and oxygen atoms in total. The molecule has 1 fully saturated rings. The van der Waals surface area contributed by atoms with Crippen LogP contribution in [-0.2, 0) is 6.42 Å². The van der Waals surface area contributed by atoms with Gasteiger partial charge in [0.05, 0.1) is 0 Å². The van der Waals surface area contributed by atoms with E-state index in [1.165, 1.54) is 44.3 Å². The van der Waals surface area contributed by atoms with Crippen molar-refractivity contribution >= 4 is 0 Å². The molecule has 1 aliphatic heterocycles. The standard InChI is InChI=1S/C17H28N2/c1-2-6-17(18)14-19-11-9-16(10-12-19)13-15-7-4-3-5-8-15/h3-5,7-8,16-17H,2,6,9-14,18H2,1H3. The summed E-state index contributed by atoms with van der Waals surface area (Å²) >= 11 is 0. The van der Waals surface area contributed by atoms with Gasteiger partial charge in [-0.15, -0.1) is 0 Å². The smallest absolute Gasteiger partial charge is 0.0167 e. The van der Waals surface area contributed by atoms with Gasteiger partial charge in [0, 0.05) is 12.6 Å². The molecular weight excluding hydrogens is 232 g/mol. The van der Waals surface area contributed by atoms with Crippen molar-refractivity contribution in [1.82, 2.24) is 4.90 Å². The average molecular weight is 260 g/mol. The van der Waals surface area contributed by atoms with Gasteiger partial charge in [-0.25, -0.2) is 0 Å². The van der Waals surface area contributed by atoms with Gasteiger partial charge in [0.25, 0.3) is 0 Å². The second kappa shape index (κ2) is 7.66. The van der Waals surface area contributed by atoms with Crippen LogP contribution in [0.2, 0.25) is 0 Å². The molecule has 0 saturated carbocycles. The molecule has 1 saturated heterocycles. The first kappa shape index (κ1) is 14.5. The molecule has 1 atom stereocenters. The van der Waals surface area contributed by atoms with Crippen LogP contribution in [0.4, 0.5) is 0 Å². The minimum Gasteiger partial charge on any atom is -0.327 e. The molecule has 1 aromatic rings. The Bertz CT molecular complexity index is 342. The lowest BCUT2D eigenvalue weighted by Crippen LogP contribution is -2.42. The maximum atomic E-state index is 6.13. The van der Waals surface area contributed by atoms with Gasteiger partial charge in [0.1, 0.15) is 0 Å². The van der Waals surface area contributed by atoms with Gasteiger partial charge in [0.2, 0.25) is 0 Å². The fourth-order valence-corrected chi connectivity index (χ4v) is 3.11. The fourth-order valence-electron chi connectivity index (χ4n) is 3.11. The SMILES string of the molecule is CCCC(N)CN1CCC(Cc2ccccc2)CC1. The molecule has 19 heavy (non-hydrogen) atoms. The molecule has 0 radical (unpaired) electrons. The van der Waals surface area contributed by atoms with Crippen molar-refractivity contribution in [3.8, 4) is 0 Å². The summed E-state index contributed by atoms with van der Waals surface area (Å²) in [6.07, 6.45) is 6.26. The summed E-state index contributed by atoms with van der Waals surface area (Å²) in [6.45, 7) is 5.77. The minimum atomic E-state index is 0.371. The van der Waals surface area contributed by atoms with Crippen LogP contribution in [0, 0.1) is 5.92 Å². The monoisotopic (exact) mass is 260 g/mol. The quantitative estimate of drug-likeness (QED) is 0.851. The van der Waals surface area contributed by atoms with Crippen molar-refractivity contribution < 1.29 is 0 Å². The van der Waals surface area contributed by atoms with Gasteiger partial charge < -0.3 is 10.6 Å². The van der Waals surface area contributed by atoms with E-state index < -0.39 is 0 Å². The molecule has 0 amide bonds. The van der Waals surface area contributed by atoms with Crippen molar-refractivity contribution in [2.75, 3.05) is 19.6 Å². The van der Waals surface area contributed by atoms with Gasteiger partial charge in [0.15, 0.2) is 0 Å². The predicted octanol–water partition coefficient (Wildman–Crippen LogP) is 3.07. The molecule has 1 heterocycles. The number of piperidine rings is 1. The first-order valence-corrected chi connectivity index (χ1v) is 7.79. The molecule has 0 bridgehead atoms. The Balaban J connectivity index is 1.70. The van der Waals surface area contributed by atoms with E-state index in [0.29, 0.717) is 6.04 Å². The van der Waals surface area contributed by atoms with E-state index in [0.717, 1.165) is 18.9 Å². The van der Waals surface area contributed by atoms with Crippen molar-refractivity contribution in [1.29, 1.82) is 0 Å². The van der Waals surface area contributed by atoms with Crippen LogP contribution < -0.4 is 5.73 Å². The molecule has 2 heteroatoms. The zero-order valence-corrected chi connectivity index (χ0v) is 12.2. The Labute approximate surface area is 118 Å². The first-order valence-electron chi connectivity index (χ1n) is 7.79. The Kier molecular flexibility index (Phi) is 5.87. The number of hydrogen-bond donors (Lipinski definition) is 1. The van der Waals surface area contributed by atoms with Gasteiger partial charge in [-0.1, -0.05) is 43.7 Å². The minimum absolute atomic E-state index is 0.371. The summed E-state index contributed by atoms with van der Waals surface area (Å²) in [5, 5.41) is 0. The molecule has 1 unspecified atom stereocenters. The fraction of sp³-hybridized carbons (Fsp3) is 0.647. The Morgan fingerprint density at radius 1 is 1.21 bits per heavy atom. The van der Waals surface area contributed by atoms with Gasteiger partial charge in [-0.3, -0.25) is 0 Å². The van der Waals surface area contributed by atoms with E-state index >= 15 is 0 Å². The third-order valence-electron chi connectivity index (χ3n) is 4.23. The second-order valence-electron chi connectivity index (χ2n) is 5.98. The molecular formula is C17H28N2. The number of nitrogens with two attached hydrogens (primary N) is 1. The largest absolute Gasteiger partial charge is 0.327 e. The number of nitrogens with zero attached hydrogens (tertiary/aromatic N) is 1. The maximum absolute atomic E-state index is 6.13. The number of benzene rings is 1. The van der Waals surface area contributed by atoms with Crippen LogP contribution in [0.1, 0.15) is 38.2 Å². The molecule has 0 aliphatic carbocycles. The van der Waals surface area contributed by atoms with Crippen LogP contribution in [-0.4, -0.2) is 30.6 Å². The van der Waals surface area contributed by atoms with Crippen molar-refractivity contribution in [2.24, 2.45) is 11.7 Å². The summed E-state index contributed by atoms with van der Waals surface area (Å²) in [6, 6.07) is 11.3. The van der Waals surface area contributed by atoms with Crippen LogP contribution >= 0.6 is 0 Å². The zero-order chi connectivity index (χ0) is 13.5. The Morgan fingerprint density at radius 2 is 1.89 bits per heavy atom. The topological polar surface area (TPSA) is 29.3 Å². The second-order valence-corrected chi connectivity index (χ2v) is 5.98. The lowest BCUT2D eigenvalue weighted by molar-refractivity contribution is 0.173. The van der Waals surface area contributed by atoms with E-state index in [2.05, 4.69) is 42.2 Å². The van der Waals surface area contributed by atoms with Crippen molar-refractivity contribution in [3.63, 3.8) is 0 Å².